The summed E-state index contributed by atoms with van der Waals surface area (Å²) in [6.45, 7) is 2.04. The van der Waals surface area contributed by atoms with Crippen molar-refractivity contribution in [2.45, 2.75) is 20.0 Å². The molecule has 1 heterocycles. The van der Waals surface area contributed by atoms with Gasteiger partial charge in [0.1, 0.15) is 5.82 Å². The minimum Gasteiger partial charge on any atom is -0.423 e. The fourth-order valence-corrected chi connectivity index (χ4v) is 2.43. The Hall–Kier alpha value is -1.98. The van der Waals surface area contributed by atoms with Crippen molar-refractivity contribution in [3.63, 3.8) is 0 Å². The standard InChI is InChI=1S/C16H14BFO3/c1-10-2-4-12(8-15(10)18)16(19)7-11-3-5-13-9-21-17(20)14(13)6-11/h2-6,8,20H,7,9H2,1H3. The predicted molar refractivity (Wildman–Crippen MR) is 78.0 cm³/mol. The molecule has 3 rings (SSSR count). The third-order valence-electron chi connectivity index (χ3n) is 3.73. The van der Waals surface area contributed by atoms with Gasteiger partial charge in [-0.25, -0.2) is 4.39 Å². The van der Waals surface area contributed by atoms with Crippen LogP contribution in [0.1, 0.15) is 27.0 Å². The average Bonchev–Trinajstić information content (AvgIpc) is 2.83. The number of hydrogen-bond acceptors (Lipinski definition) is 3. The molecule has 0 fully saturated rings. The van der Waals surface area contributed by atoms with Crippen molar-refractivity contribution in [3.05, 3.63) is 64.5 Å². The molecule has 0 aliphatic carbocycles. The lowest BCUT2D eigenvalue weighted by Gasteiger charge is -2.05. The van der Waals surface area contributed by atoms with Crippen LogP contribution in [0.3, 0.4) is 0 Å². The van der Waals surface area contributed by atoms with Crippen molar-refractivity contribution in [2.24, 2.45) is 0 Å². The maximum Gasteiger partial charge on any atom is 0.491 e. The van der Waals surface area contributed by atoms with E-state index in [1.165, 1.54) is 6.07 Å². The monoisotopic (exact) mass is 284 g/mol. The van der Waals surface area contributed by atoms with Gasteiger partial charge in [0.15, 0.2) is 5.78 Å². The van der Waals surface area contributed by atoms with Gasteiger partial charge in [-0.2, -0.15) is 0 Å². The maximum atomic E-state index is 13.5. The first-order valence-corrected chi connectivity index (χ1v) is 6.75. The Morgan fingerprint density at radius 2 is 2.14 bits per heavy atom. The molecular formula is C16H14BFO3. The summed E-state index contributed by atoms with van der Waals surface area (Å²) in [5.41, 5.74) is 3.29. The number of fused-ring (bicyclic) bond motifs is 1. The highest BCUT2D eigenvalue weighted by Crippen LogP contribution is 2.15. The first-order chi connectivity index (χ1) is 10.0. The Morgan fingerprint density at radius 3 is 2.90 bits per heavy atom. The SMILES string of the molecule is Cc1ccc(C(=O)Cc2ccc3c(c2)B(O)OC3)cc1F. The van der Waals surface area contributed by atoms with E-state index in [0.29, 0.717) is 23.2 Å². The number of hydrogen-bond donors (Lipinski definition) is 1. The van der Waals surface area contributed by atoms with Crippen LogP contribution in [-0.4, -0.2) is 17.9 Å². The lowest BCUT2D eigenvalue weighted by atomic mass is 9.78. The summed E-state index contributed by atoms with van der Waals surface area (Å²) >= 11 is 0. The van der Waals surface area contributed by atoms with E-state index >= 15 is 0 Å². The Kier molecular flexibility index (Phi) is 3.61. The number of Topliss-reactive ketones (excluding diaryl/α,β-unsaturated/α-hetero) is 1. The maximum absolute atomic E-state index is 13.5. The van der Waals surface area contributed by atoms with Gasteiger partial charge in [-0.1, -0.05) is 30.3 Å². The fraction of sp³-hybridized carbons (Fsp3) is 0.188. The molecule has 21 heavy (non-hydrogen) atoms. The lowest BCUT2D eigenvalue weighted by Crippen LogP contribution is -2.28. The number of carbonyl (C=O) groups excluding carboxylic acids is 1. The number of halogens is 1. The minimum absolute atomic E-state index is 0.151. The highest BCUT2D eigenvalue weighted by molar-refractivity contribution is 6.61. The third kappa shape index (κ3) is 2.75. The molecule has 0 saturated carbocycles. The van der Waals surface area contributed by atoms with Gasteiger partial charge in [0.2, 0.25) is 0 Å². The van der Waals surface area contributed by atoms with Crippen LogP contribution in [0.4, 0.5) is 4.39 Å². The summed E-state index contributed by atoms with van der Waals surface area (Å²) in [6, 6.07) is 9.96. The summed E-state index contributed by atoms with van der Waals surface area (Å²) in [5, 5.41) is 9.67. The van der Waals surface area contributed by atoms with Crippen LogP contribution in [0, 0.1) is 12.7 Å². The normalized spacial score (nSPS) is 13.4. The summed E-state index contributed by atoms with van der Waals surface area (Å²) < 4.78 is 18.6. The van der Waals surface area contributed by atoms with E-state index in [-0.39, 0.29) is 18.0 Å². The molecular weight excluding hydrogens is 270 g/mol. The summed E-state index contributed by atoms with van der Waals surface area (Å²) in [4.78, 5) is 12.2. The highest BCUT2D eigenvalue weighted by atomic mass is 19.1. The average molecular weight is 284 g/mol. The smallest absolute Gasteiger partial charge is 0.423 e. The largest absolute Gasteiger partial charge is 0.491 e. The van der Waals surface area contributed by atoms with Crippen LogP contribution < -0.4 is 5.46 Å². The second-order valence-electron chi connectivity index (χ2n) is 5.26. The molecule has 0 saturated heterocycles. The fourth-order valence-electron chi connectivity index (χ4n) is 2.43. The van der Waals surface area contributed by atoms with Gasteiger partial charge in [0, 0.05) is 12.0 Å². The van der Waals surface area contributed by atoms with Gasteiger partial charge in [-0.15, -0.1) is 0 Å². The van der Waals surface area contributed by atoms with Gasteiger partial charge < -0.3 is 9.68 Å². The molecule has 3 nitrogen and oxygen atoms in total. The van der Waals surface area contributed by atoms with Crippen molar-refractivity contribution in [3.8, 4) is 0 Å². The zero-order valence-corrected chi connectivity index (χ0v) is 11.6. The van der Waals surface area contributed by atoms with Crippen LogP contribution in [0.25, 0.3) is 0 Å². The molecule has 0 atom stereocenters. The Bertz CT molecular complexity index is 715. The van der Waals surface area contributed by atoms with E-state index in [4.69, 9.17) is 4.65 Å². The van der Waals surface area contributed by atoms with Crippen LogP contribution in [0.5, 0.6) is 0 Å². The van der Waals surface area contributed by atoms with Gasteiger partial charge in [-0.05, 0) is 35.1 Å². The second-order valence-corrected chi connectivity index (χ2v) is 5.26. The third-order valence-corrected chi connectivity index (χ3v) is 3.73. The van der Waals surface area contributed by atoms with Crippen molar-refractivity contribution in [2.75, 3.05) is 0 Å². The number of benzene rings is 2. The van der Waals surface area contributed by atoms with E-state index in [2.05, 4.69) is 0 Å². The molecule has 0 unspecified atom stereocenters. The first kappa shape index (κ1) is 14.0. The van der Waals surface area contributed by atoms with E-state index in [1.807, 2.05) is 12.1 Å². The van der Waals surface area contributed by atoms with E-state index in [9.17, 15) is 14.2 Å². The predicted octanol–water partition coefficient (Wildman–Crippen LogP) is 1.78. The number of ketones is 1. The van der Waals surface area contributed by atoms with Crippen molar-refractivity contribution in [1.29, 1.82) is 0 Å². The first-order valence-electron chi connectivity index (χ1n) is 6.75. The van der Waals surface area contributed by atoms with Crippen LogP contribution in [0.2, 0.25) is 0 Å². The second kappa shape index (κ2) is 5.43. The molecule has 1 aliphatic heterocycles. The quantitative estimate of drug-likeness (QED) is 0.690. The number of rotatable bonds is 3. The number of aryl methyl sites for hydroxylation is 1. The zero-order chi connectivity index (χ0) is 15.0. The Balaban J connectivity index is 1.82. The van der Waals surface area contributed by atoms with E-state index in [0.717, 1.165) is 11.1 Å². The Labute approximate surface area is 122 Å². The molecule has 5 heteroatoms. The van der Waals surface area contributed by atoms with Gasteiger partial charge in [0.05, 0.1) is 6.61 Å². The molecule has 2 aromatic rings. The van der Waals surface area contributed by atoms with Gasteiger partial charge in [0.25, 0.3) is 0 Å². The van der Waals surface area contributed by atoms with Crippen molar-refractivity contribution < 1.29 is 18.9 Å². The molecule has 106 valence electrons. The highest BCUT2D eigenvalue weighted by Gasteiger charge is 2.27. The summed E-state index contributed by atoms with van der Waals surface area (Å²) in [7, 11) is -0.924. The number of carbonyl (C=O) groups is 1. The van der Waals surface area contributed by atoms with E-state index < -0.39 is 7.12 Å². The van der Waals surface area contributed by atoms with Crippen LogP contribution in [-0.2, 0) is 17.7 Å². The molecule has 0 radical (unpaired) electrons. The minimum atomic E-state index is -0.924. The van der Waals surface area contributed by atoms with Crippen LogP contribution in [0.15, 0.2) is 36.4 Å². The van der Waals surface area contributed by atoms with Crippen molar-refractivity contribution in [1.82, 2.24) is 0 Å². The topological polar surface area (TPSA) is 46.5 Å². The van der Waals surface area contributed by atoms with Gasteiger partial charge in [-0.3, -0.25) is 4.79 Å². The summed E-state index contributed by atoms with van der Waals surface area (Å²) in [5.74, 6) is -0.527. The Morgan fingerprint density at radius 1 is 1.33 bits per heavy atom. The lowest BCUT2D eigenvalue weighted by molar-refractivity contribution is 0.0992. The molecule has 0 bridgehead atoms. The van der Waals surface area contributed by atoms with Gasteiger partial charge >= 0.3 is 7.12 Å². The molecule has 1 aliphatic rings. The van der Waals surface area contributed by atoms with Crippen LogP contribution >= 0.6 is 0 Å². The molecule has 0 aromatic heterocycles. The summed E-state index contributed by atoms with van der Waals surface area (Å²) in [6.07, 6.45) is 0.169. The zero-order valence-electron chi connectivity index (χ0n) is 11.6. The molecule has 0 amide bonds. The molecule has 2 aromatic carbocycles. The van der Waals surface area contributed by atoms with Crippen molar-refractivity contribution >= 4 is 18.4 Å². The molecule has 0 spiro atoms. The molecule has 1 N–H and O–H groups in total. The van der Waals surface area contributed by atoms with E-state index in [1.54, 1.807) is 25.1 Å².